The van der Waals surface area contributed by atoms with Gasteiger partial charge in [0.2, 0.25) is 15.9 Å². The molecule has 1 fully saturated rings. The fourth-order valence-corrected chi connectivity index (χ4v) is 4.72. The molecule has 1 N–H and O–H groups in total. The summed E-state index contributed by atoms with van der Waals surface area (Å²) in [6.45, 7) is 4.45. The average Bonchev–Trinajstić information content (AvgIpc) is 2.93. The van der Waals surface area contributed by atoms with E-state index in [1.165, 1.54) is 15.6 Å². The predicted molar refractivity (Wildman–Crippen MR) is 89.9 cm³/mol. The first-order valence-electron chi connectivity index (χ1n) is 7.37. The molecule has 0 aromatic carbocycles. The van der Waals surface area contributed by atoms with Crippen LogP contribution in [0, 0.1) is 0 Å². The van der Waals surface area contributed by atoms with E-state index in [0.29, 0.717) is 30.3 Å². The summed E-state index contributed by atoms with van der Waals surface area (Å²) in [6.07, 6.45) is 1.31. The molecule has 0 bridgehead atoms. The summed E-state index contributed by atoms with van der Waals surface area (Å²) in [5.41, 5.74) is 0. The van der Waals surface area contributed by atoms with Crippen molar-refractivity contribution in [2.45, 2.75) is 38.6 Å². The van der Waals surface area contributed by atoms with E-state index in [-0.39, 0.29) is 23.6 Å². The number of nitrogens with one attached hydrogen (secondary N) is 1. The van der Waals surface area contributed by atoms with E-state index >= 15 is 0 Å². The minimum absolute atomic E-state index is 0.0321. The molecule has 1 aliphatic heterocycles. The number of carbonyl (C=O) groups excluding carboxylic acids is 1. The maximum atomic E-state index is 12.3. The molecule has 1 aromatic rings. The second-order valence-corrected chi connectivity index (χ2v) is 9.45. The van der Waals surface area contributed by atoms with E-state index in [9.17, 15) is 13.2 Å². The number of piperidine rings is 1. The Kier molecular flexibility index (Phi) is 5.87. The summed E-state index contributed by atoms with van der Waals surface area (Å²) in [4.78, 5) is 13.2. The van der Waals surface area contributed by atoms with Gasteiger partial charge >= 0.3 is 0 Å². The molecule has 1 aromatic heterocycles. The van der Waals surface area contributed by atoms with Crippen molar-refractivity contribution in [3.63, 3.8) is 0 Å². The fourth-order valence-electron chi connectivity index (χ4n) is 2.48. The lowest BCUT2D eigenvalue weighted by molar-refractivity contribution is -0.123. The van der Waals surface area contributed by atoms with Crippen LogP contribution in [0.15, 0.2) is 12.1 Å². The third-order valence-electron chi connectivity index (χ3n) is 3.97. The molecular formula is C14H21ClN2O3S2. The zero-order valence-electron chi connectivity index (χ0n) is 12.7. The maximum Gasteiger partial charge on any atom is 0.228 e. The molecule has 2 heterocycles. The summed E-state index contributed by atoms with van der Waals surface area (Å²) in [6, 6.07) is 3.70. The topological polar surface area (TPSA) is 66.5 Å². The average molecular weight is 365 g/mol. The Morgan fingerprint density at radius 3 is 2.59 bits per heavy atom. The van der Waals surface area contributed by atoms with Crippen LogP contribution in [0.25, 0.3) is 0 Å². The van der Waals surface area contributed by atoms with Crippen molar-refractivity contribution in [3.8, 4) is 0 Å². The van der Waals surface area contributed by atoms with Gasteiger partial charge in [0.1, 0.15) is 0 Å². The molecule has 1 aliphatic rings. The van der Waals surface area contributed by atoms with Gasteiger partial charge in [0.25, 0.3) is 0 Å². The Bertz CT molecular complexity index is 622. The van der Waals surface area contributed by atoms with Crippen LogP contribution in [-0.4, -0.2) is 43.5 Å². The van der Waals surface area contributed by atoms with Gasteiger partial charge in [-0.05, 0) is 38.8 Å². The van der Waals surface area contributed by atoms with E-state index in [0.717, 1.165) is 4.88 Å². The zero-order chi connectivity index (χ0) is 16.3. The predicted octanol–water partition coefficient (Wildman–Crippen LogP) is 2.44. The Balaban J connectivity index is 1.87. The van der Waals surface area contributed by atoms with Crippen molar-refractivity contribution >= 4 is 38.9 Å². The molecule has 2 rings (SSSR count). The van der Waals surface area contributed by atoms with Gasteiger partial charge in [0, 0.05) is 24.0 Å². The highest BCUT2D eigenvalue weighted by molar-refractivity contribution is 7.89. The van der Waals surface area contributed by atoms with E-state index in [1.807, 2.05) is 13.0 Å². The molecule has 0 spiro atoms. The fraction of sp³-hybridized carbons (Fsp3) is 0.643. The van der Waals surface area contributed by atoms with Crippen LogP contribution in [-0.2, 0) is 14.8 Å². The third-order valence-corrected chi connectivity index (χ3v) is 7.27. The first-order chi connectivity index (χ1) is 10.3. The number of hydrogen-bond acceptors (Lipinski definition) is 4. The third kappa shape index (κ3) is 4.22. The molecule has 0 radical (unpaired) electrons. The van der Waals surface area contributed by atoms with E-state index in [1.54, 1.807) is 13.0 Å². The Morgan fingerprint density at radius 1 is 1.45 bits per heavy atom. The number of amides is 1. The molecule has 0 saturated carbocycles. The minimum Gasteiger partial charge on any atom is -0.353 e. The van der Waals surface area contributed by atoms with Gasteiger partial charge < -0.3 is 5.32 Å². The second kappa shape index (κ2) is 7.29. The van der Waals surface area contributed by atoms with Gasteiger partial charge in [-0.25, -0.2) is 12.7 Å². The SMILES string of the molecule is CCS(=O)(=O)N1CCC(NC(=O)C(C)c2ccc(Cl)s2)CC1. The van der Waals surface area contributed by atoms with Crippen LogP contribution in [0.3, 0.4) is 0 Å². The van der Waals surface area contributed by atoms with Crippen molar-refractivity contribution in [2.24, 2.45) is 0 Å². The monoisotopic (exact) mass is 364 g/mol. The van der Waals surface area contributed by atoms with Crippen LogP contribution in [0.4, 0.5) is 0 Å². The zero-order valence-corrected chi connectivity index (χ0v) is 15.1. The van der Waals surface area contributed by atoms with Gasteiger partial charge in [-0.2, -0.15) is 0 Å². The summed E-state index contributed by atoms with van der Waals surface area (Å²) >= 11 is 7.31. The summed E-state index contributed by atoms with van der Waals surface area (Å²) < 4.78 is 25.8. The second-order valence-electron chi connectivity index (χ2n) is 5.45. The molecule has 1 unspecified atom stereocenters. The van der Waals surface area contributed by atoms with Gasteiger partial charge in [-0.15, -0.1) is 11.3 Å². The highest BCUT2D eigenvalue weighted by atomic mass is 35.5. The van der Waals surface area contributed by atoms with Crippen LogP contribution >= 0.6 is 22.9 Å². The molecule has 1 atom stereocenters. The number of rotatable bonds is 5. The van der Waals surface area contributed by atoms with Crippen LogP contribution < -0.4 is 5.32 Å². The molecule has 0 aliphatic carbocycles. The molecule has 1 amide bonds. The lowest BCUT2D eigenvalue weighted by Crippen LogP contribution is -2.47. The number of carbonyl (C=O) groups is 1. The molecule has 124 valence electrons. The van der Waals surface area contributed by atoms with Crippen molar-refractivity contribution in [3.05, 3.63) is 21.3 Å². The van der Waals surface area contributed by atoms with E-state index in [4.69, 9.17) is 11.6 Å². The van der Waals surface area contributed by atoms with Gasteiger partial charge in [-0.3, -0.25) is 4.79 Å². The van der Waals surface area contributed by atoms with Crippen molar-refractivity contribution in [1.82, 2.24) is 9.62 Å². The van der Waals surface area contributed by atoms with Crippen molar-refractivity contribution in [1.29, 1.82) is 0 Å². The standard InChI is InChI=1S/C14H21ClN2O3S2/c1-3-22(19,20)17-8-6-11(7-9-17)16-14(18)10(2)12-4-5-13(15)21-12/h4-5,10-11H,3,6-9H2,1-2H3,(H,16,18). The normalized spacial score (nSPS) is 19.0. The quantitative estimate of drug-likeness (QED) is 0.872. The molecule has 22 heavy (non-hydrogen) atoms. The number of hydrogen-bond donors (Lipinski definition) is 1. The van der Waals surface area contributed by atoms with Crippen LogP contribution in [0.5, 0.6) is 0 Å². The van der Waals surface area contributed by atoms with Crippen LogP contribution in [0.1, 0.15) is 37.5 Å². The van der Waals surface area contributed by atoms with Gasteiger partial charge in [0.15, 0.2) is 0 Å². The number of sulfonamides is 1. The maximum absolute atomic E-state index is 12.3. The van der Waals surface area contributed by atoms with Crippen molar-refractivity contribution < 1.29 is 13.2 Å². The Morgan fingerprint density at radius 2 is 2.09 bits per heavy atom. The smallest absolute Gasteiger partial charge is 0.228 e. The summed E-state index contributed by atoms with van der Waals surface area (Å²) in [5, 5.41) is 3.02. The largest absolute Gasteiger partial charge is 0.353 e. The van der Waals surface area contributed by atoms with E-state index < -0.39 is 10.0 Å². The molecule has 8 heteroatoms. The first kappa shape index (κ1) is 17.7. The van der Waals surface area contributed by atoms with Crippen LogP contribution in [0.2, 0.25) is 4.34 Å². The van der Waals surface area contributed by atoms with Gasteiger partial charge in [-0.1, -0.05) is 11.6 Å². The number of nitrogens with zero attached hydrogens (tertiary/aromatic N) is 1. The summed E-state index contributed by atoms with van der Waals surface area (Å²) in [7, 11) is -3.12. The lowest BCUT2D eigenvalue weighted by atomic mass is 10.0. The highest BCUT2D eigenvalue weighted by Gasteiger charge is 2.28. The number of halogens is 1. The Hall–Kier alpha value is -0.630. The first-order valence-corrected chi connectivity index (χ1v) is 10.2. The van der Waals surface area contributed by atoms with E-state index in [2.05, 4.69) is 5.32 Å². The van der Waals surface area contributed by atoms with Gasteiger partial charge in [0.05, 0.1) is 16.0 Å². The minimum atomic E-state index is -3.12. The molecular weight excluding hydrogens is 344 g/mol. The van der Waals surface area contributed by atoms with Crippen molar-refractivity contribution in [2.75, 3.05) is 18.8 Å². The summed E-state index contributed by atoms with van der Waals surface area (Å²) in [5.74, 6) is -0.148. The highest BCUT2D eigenvalue weighted by Crippen LogP contribution is 2.28. The molecule has 1 saturated heterocycles. The lowest BCUT2D eigenvalue weighted by Gasteiger charge is -2.31. The number of thiophene rings is 1. The molecule has 5 nitrogen and oxygen atoms in total. The Labute approximate surface area is 140 Å².